The fourth-order valence-electron chi connectivity index (χ4n) is 3.05. The first-order valence-electron chi connectivity index (χ1n) is 10.8. The highest BCUT2D eigenvalue weighted by atomic mass is 79.9. The minimum atomic E-state index is -0.450. The first-order chi connectivity index (χ1) is 17.2. The van der Waals surface area contributed by atoms with E-state index in [4.69, 9.17) is 9.47 Å². The number of amides is 1. The van der Waals surface area contributed by atoms with E-state index in [2.05, 4.69) is 36.4 Å². The number of hydrazone groups is 1. The number of ether oxygens (including phenoxy) is 2. The van der Waals surface area contributed by atoms with Crippen LogP contribution in [0.15, 0.2) is 57.2 Å². The van der Waals surface area contributed by atoms with E-state index in [1.54, 1.807) is 24.3 Å². The van der Waals surface area contributed by atoms with E-state index in [0.29, 0.717) is 38.9 Å². The zero-order valence-corrected chi connectivity index (χ0v) is 22.3. The van der Waals surface area contributed by atoms with Crippen LogP contribution in [0.2, 0.25) is 0 Å². The Balaban J connectivity index is 1.63. The first kappa shape index (κ1) is 27.1. The average Bonchev–Trinajstić information content (AvgIpc) is 2.83. The standard InChI is InChI=1S/C24H24BrN5O5S/c1-4-34-21-10-18(12-26-29-23(31)14-36-24-27-15(2)8-16(3)28-24)20(25)11-22(21)35-13-17-6-5-7-19(9-17)30(32)33/h5-12H,4,13-14H2,1-3H3,(H,29,31)/b26-12-. The number of aryl methyl sites for hydroxylation is 2. The minimum absolute atomic E-state index is 0.00385. The van der Waals surface area contributed by atoms with Crippen molar-refractivity contribution in [1.82, 2.24) is 15.4 Å². The van der Waals surface area contributed by atoms with Gasteiger partial charge in [0, 0.05) is 33.6 Å². The van der Waals surface area contributed by atoms with Crippen LogP contribution in [0.5, 0.6) is 11.5 Å². The Bertz CT molecular complexity index is 1270. The molecule has 36 heavy (non-hydrogen) atoms. The maximum Gasteiger partial charge on any atom is 0.269 e. The molecular weight excluding hydrogens is 550 g/mol. The summed E-state index contributed by atoms with van der Waals surface area (Å²) < 4.78 is 12.2. The number of hydrogen-bond acceptors (Lipinski definition) is 9. The van der Waals surface area contributed by atoms with Gasteiger partial charge in [-0.15, -0.1) is 0 Å². The van der Waals surface area contributed by atoms with Gasteiger partial charge < -0.3 is 9.47 Å². The SMILES string of the molecule is CCOc1cc(/C=N\NC(=O)CSc2nc(C)cc(C)n2)c(Br)cc1OCc1cccc([N+](=O)[O-])c1. The van der Waals surface area contributed by atoms with Gasteiger partial charge in [0.25, 0.3) is 11.6 Å². The molecule has 0 aliphatic rings. The Labute approximate surface area is 220 Å². The molecule has 0 unspecified atom stereocenters. The topological polar surface area (TPSA) is 129 Å². The van der Waals surface area contributed by atoms with Gasteiger partial charge in [-0.2, -0.15) is 5.10 Å². The van der Waals surface area contributed by atoms with Crippen molar-refractivity contribution in [3.05, 3.63) is 79.6 Å². The van der Waals surface area contributed by atoms with Gasteiger partial charge >= 0.3 is 0 Å². The fourth-order valence-corrected chi connectivity index (χ4v) is 4.21. The molecule has 1 amide bonds. The number of thioether (sulfide) groups is 1. The molecule has 1 aromatic heterocycles. The number of halogens is 1. The van der Waals surface area contributed by atoms with Crippen molar-refractivity contribution in [3.8, 4) is 11.5 Å². The van der Waals surface area contributed by atoms with Crippen LogP contribution in [0, 0.1) is 24.0 Å². The molecular formula is C24H24BrN5O5S. The molecule has 0 saturated heterocycles. The highest BCUT2D eigenvalue weighted by Gasteiger charge is 2.12. The number of aromatic nitrogens is 2. The average molecular weight is 574 g/mol. The molecule has 0 radical (unpaired) electrons. The van der Waals surface area contributed by atoms with E-state index in [0.717, 1.165) is 11.4 Å². The van der Waals surface area contributed by atoms with Crippen LogP contribution in [-0.4, -0.2) is 39.4 Å². The highest BCUT2D eigenvalue weighted by molar-refractivity contribution is 9.10. The summed E-state index contributed by atoms with van der Waals surface area (Å²) in [5.41, 5.74) is 5.49. The zero-order chi connectivity index (χ0) is 26.1. The number of non-ortho nitro benzene ring substituents is 1. The van der Waals surface area contributed by atoms with Gasteiger partial charge in [-0.1, -0.05) is 23.9 Å². The number of carbonyl (C=O) groups is 1. The summed E-state index contributed by atoms with van der Waals surface area (Å²) in [7, 11) is 0. The smallest absolute Gasteiger partial charge is 0.269 e. The molecule has 188 valence electrons. The van der Waals surface area contributed by atoms with Gasteiger partial charge in [0.05, 0.1) is 23.5 Å². The lowest BCUT2D eigenvalue weighted by atomic mass is 10.2. The lowest BCUT2D eigenvalue weighted by Crippen LogP contribution is -2.20. The van der Waals surface area contributed by atoms with Gasteiger partial charge in [0.2, 0.25) is 0 Å². The van der Waals surface area contributed by atoms with E-state index < -0.39 is 4.92 Å². The molecule has 1 heterocycles. The normalized spacial score (nSPS) is 10.9. The van der Waals surface area contributed by atoms with E-state index in [-0.39, 0.29) is 24.0 Å². The second-order valence-electron chi connectivity index (χ2n) is 7.48. The Morgan fingerprint density at radius 3 is 2.58 bits per heavy atom. The van der Waals surface area contributed by atoms with Crippen LogP contribution in [-0.2, 0) is 11.4 Å². The molecule has 10 nitrogen and oxygen atoms in total. The molecule has 0 bridgehead atoms. The number of carbonyl (C=O) groups excluding carboxylic acids is 1. The van der Waals surface area contributed by atoms with E-state index in [9.17, 15) is 14.9 Å². The largest absolute Gasteiger partial charge is 0.490 e. The summed E-state index contributed by atoms with van der Waals surface area (Å²) in [6.45, 7) is 6.12. The number of hydrogen-bond donors (Lipinski definition) is 1. The number of rotatable bonds is 11. The molecule has 0 aliphatic carbocycles. The van der Waals surface area contributed by atoms with Crippen LogP contribution >= 0.6 is 27.7 Å². The predicted octanol–water partition coefficient (Wildman–Crippen LogP) is 4.98. The highest BCUT2D eigenvalue weighted by Crippen LogP contribution is 2.34. The molecule has 0 atom stereocenters. The Morgan fingerprint density at radius 1 is 1.17 bits per heavy atom. The van der Waals surface area contributed by atoms with Gasteiger partial charge in [0.1, 0.15) is 6.61 Å². The monoisotopic (exact) mass is 573 g/mol. The van der Waals surface area contributed by atoms with Crippen molar-refractivity contribution >= 4 is 45.5 Å². The summed E-state index contributed by atoms with van der Waals surface area (Å²) in [6.07, 6.45) is 1.49. The molecule has 3 aromatic rings. The van der Waals surface area contributed by atoms with Crippen molar-refractivity contribution < 1.29 is 19.2 Å². The summed E-state index contributed by atoms with van der Waals surface area (Å²) in [6, 6.07) is 11.6. The second-order valence-corrected chi connectivity index (χ2v) is 9.28. The predicted molar refractivity (Wildman–Crippen MR) is 141 cm³/mol. The third kappa shape index (κ3) is 8.02. The summed E-state index contributed by atoms with van der Waals surface area (Å²) in [4.78, 5) is 31.3. The van der Waals surface area contributed by atoms with Crippen LogP contribution in [0.1, 0.15) is 29.4 Å². The number of nitro benzene ring substituents is 1. The maximum absolute atomic E-state index is 12.2. The van der Waals surface area contributed by atoms with Crippen LogP contribution < -0.4 is 14.9 Å². The number of nitro groups is 1. The molecule has 0 saturated carbocycles. The summed E-state index contributed by atoms with van der Waals surface area (Å²) in [5.74, 6) is 0.760. The molecule has 0 aliphatic heterocycles. The molecule has 3 rings (SSSR count). The number of benzene rings is 2. The molecule has 0 fully saturated rings. The first-order valence-corrected chi connectivity index (χ1v) is 12.6. The van der Waals surface area contributed by atoms with Gasteiger partial charge in [-0.25, -0.2) is 15.4 Å². The van der Waals surface area contributed by atoms with Gasteiger partial charge in [-0.05, 0) is 60.5 Å². The van der Waals surface area contributed by atoms with E-state index in [1.807, 2.05) is 26.8 Å². The maximum atomic E-state index is 12.2. The Kier molecular flexibility index (Phi) is 9.77. The van der Waals surface area contributed by atoms with Gasteiger partial charge in [-0.3, -0.25) is 14.9 Å². The molecule has 0 spiro atoms. The van der Waals surface area contributed by atoms with E-state index >= 15 is 0 Å². The third-order valence-corrected chi connectivity index (χ3v) is 6.10. The fraction of sp³-hybridized carbons (Fsp3) is 0.250. The number of nitrogens with zero attached hydrogens (tertiary/aromatic N) is 4. The van der Waals surface area contributed by atoms with E-state index in [1.165, 1.54) is 30.1 Å². The second kappa shape index (κ2) is 13.0. The van der Waals surface area contributed by atoms with Gasteiger partial charge in [0.15, 0.2) is 16.7 Å². The summed E-state index contributed by atoms with van der Waals surface area (Å²) in [5, 5.41) is 15.6. The lowest BCUT2D eigenvalue weighted by molar-refractivity contribution is -0.384. The van der Waals surface area contributed by atoms with Crippen LogP contribution in [0.25, 0.3) is 0 Å². The van der Waals surface area contributed by atoms with Crippen molar-refractivity contribution in [2.45, 2.75) is 32.5 Å². The van der Waals surface area contributed by atoms with Crippen LogP contribution in [0.3, 0.4) is 0 Å². The zero-order valence-electron chi connectivity index (χ0n) is 19.9. The quantitative estimate of drug-likeness (QED) is 0.112. The Morgan fingerprint density at radius 2 is 1.89 bits per heavy atom. The lowest BCUT2D eigenvalue weighted by Gasteiger charge is -2.14. The molecule has 2 aromatic carbocycles. The van der Waals surface area contributed by atoms with Crippen molar-refractivity contribution in [2.24, 2.45) is 5.10 Å². The molecule has 1 N–H and O–H groups in total. The third-order valence-electron chi connectivity index (χ3n) is 4.57. The van der Waals surface area contributed by atoms with Crippen molar-refractivity contribution in [2.75, 3.05) is 12.4 Å². The summed E-state index contributed by atoms with van der Waals surface area (Å²) >= 11 is 4.71. The van der Waals surface area contributed by atoms with Crippen molar-refractivity contribution in [1.29, 1.82) is 0 Å². The molecule has 12 heteroatoms. The Hall–Kier alpha value is -3.51. The minimum Gasteiger partial charge on any atom is -0.490 e. The van der Waals surface area contributed by atoms with Crippen molar-refractivity contribution in [3.63, 3.8) is 0 Å². The van der Waals surface area contributed by atoms with Crippen LogP contribution in [0.4, 0.5) is 5.69 Å². The number of nitrogens with one attached hydrogen (secondary N) is 1.